The molecule has 2 rings (SSSR count). The fraction of sp³-hybridized carbons (Fsp3) is 1.00. The van der Waals surface area contributed by atoms with Gasteiger partial charge in [0.15, 0.2) is 12.6 Å². The van der Waals surface area contributed by atoms with E-state index in [4.69, 9.17) is 18.9 Å². The topological polar surface area (TPSA) is 104 Å². The Morgan fingerprint density at radius 2 is 1.15 bits per heavy atom. The summed E-state index contributed by atoms with van der Waals surface area (Å²) in [4.78, 5) is 3.83. The number of ether oxygens (including phenoxy) is 4. The van der Waals surface area contributed by atoms with Gasteiger partial charge < -0.3 is 44.1 Å². The molecule has 2 saturated heterocycles. The molecule has 0 radical (unpaired) electrons. The molecule has 33 heavy (non-hydrogen) atoms. The Morgan fingerprint density at radius 3 is 1.55 bits per heavy atom. The van der Waals surface area contributed by atoms with Crippen molar-refractivity contribution in [2.75, 3.05) is 28.2 Å². The van der Waals surface area contributed by atoms with Crippen molar-refractivity contribution in [3.8, 4) is 0 Å². The first-order valence-corrected chi connectivity index (χ1v) is 11.9. The lowest BCUT2D eigenvalue weighted by molar-refractivity contribution is -0.303. The molecule has 2 fully saturated rings. The smallest absolute Gasteiger partial charge is 0.186 e. The van der Waals surface area contributed by atoms with Gasteiger partial charge in [0.2, 0.25) is 0 Å². The van der Waals surface area contributed by atoms with Gasteiger partial charge in [-0.3, -0.25) is 0 Å². The van der Waals surface area contributed by atoms with Crippen LogP contribution in [0.5, 0.6) is 0 Å². The lowest BCUT2D eigenvalue weighted by atomic mass is 9.95. The minimum atomic E-state index is -0.865. The molecule has 0 bridgehead atoms. The molecule has 9 nitrogen and oxygen atoms in total. The maximum absolute atomic E-state index is 10.2. The normalized spacial score (nSPS) is 38.3. The molecule has 0 aromatic carbocycles. The van der Waals surface area contributed by atoms with Gasteiger partial charge in [-0.1, -0.05) is 0 Å². The summed E-state index contributed by atoms with van der Waals surface area (Å²) in [7, 11) is 7.59. The highest BCUT2D eigenvalue weighted by molar-refractivity contribution is 4.93. The summed E-state index contributed by atoms with van der Waals surface area (Å²) in [6, 6.07) is -0.290. The van der Waals surface area contributed by atoms with Gasteiger partial charge in [0, 0.05) is 6.04 Å². The van der Waals surface area contributed by atoms with E-state index in [-0.39, 0.29) is 29.9 Å². The Hall–Kier alpha value is -0.360. The highest BCUT2D eigenvalue weighted by atomic mass is 16.7. The van der Waals surface area contributed by atoms with E-state index in [1.54, 1.807) is 11.8 Å². The summed E-state index contributed by atoms with van der Waals surface area (Å²) < 4.78 is 22.6. The van der Waals surface area contributed by atoms with Crippen LogP contribution in [0.3, 0.4) is 0 Å². The molecule has 9 atom stereocenters. The van der Waals surface area contributed by atoms with Crippen LogP contribution in [0.4, 0.5) is 0 Å². The molecule has 2 aliphatic rings. The van der Waals surface area contributed by atoms with Crippen molar-refractivity contribution in [3.05, 3.63) is 0 Å². The van der Waals surface area contributed by atoms with Crippen molar-refractivity contribution in [2.45, 2.75) is 128 Å². The summed E-state index contributed by atoms with van der Waals surface area (Å²) in [5, 5.41) is 30.4. The molecule has 0 amide bonds. The van der Waals surface area contributed by atoms with Crippen molar-refractivity contribution in [1.29, 1.82) is 0 Å². The fourth-order valence-electron chi connectivity index (χ4n) is 4.06. The van der Waals surface area contributed by atoms with Gasteiger partial charge in [-0.15, -0.1) is 0 Å². The molecule has 2 heterocycles. The van der Waals surface area contributed by atoms with Crippen LogP contribution in [-0.2, 0) is 18.9 Å². The van der Waals surface area contributed by atoms with Gasteiger partial charge in [-0.05, 0) is 90.0 Å². The highest BCUT2D eigenvalue weighted by Gasteiger charge is 2.45. The van der Waals surface area contributed by atoms with E-state index in [9.17, 15) is 15.3 Å². The third kappa shape index (κ3) is 9.66. The fourth-order valence-corrected chi connectivity index (χ4v) is 4.06. The Kier molecular flexibility index (Phi) is 11.2. The van der Waals surface area contributed by atoms with Crippen LogP contribution in [0.1, 0.15) is 61.8 Å². The van der Waals surface area contributed by atoms with Crippen LogP contribution in [-0.4, -0.2) is 120 Å². The van der Waals surface area contributed by atoms with Gasteiger partial charge in [0.1, 0.15) is 12.2 Å². The SMILES string of the molecule is C[C@@H]1C[C@H](N(C)C)[C@@H](O)C(OC(C)(C)C)O1.C[C@H]1OC(OC(C)(C)C)[C@H](O)[C@@H](N(C)C)[C@@H]1O. The standard InChI is InChI=1S/C12H25NO4.C12H25NO3/c1-7-9(14)8(13(5)6)10(15)11(16-7)17-12(2,3)4;1-8-7-9(13(5)6)10(14)11(15-8)16-12(2,3)4/h7-11,14-15H,1-6H3;8-11,14H,7H2,1-6H3/t7-,8+,9-,10-,11?;8-,9+,10-,11?/m11/s1. The monoisotopic (exact) mass is 478 g/mol. The minimum absolute atomic E-state index is 0.0936. The molecule has 2 unspecified atom stereocenters. The van der Waals surface area contributed by atoms with Crippen molar-refractivity contribution in [1.82, 2.24) is 9.80 Å². The second-order valence-electron chi connectivity index (χ2n) is 11.7. The lowest BCUT2D eigenvalue weighted by Crippen LogP contribution is -2.63. The molecule has 0 spiro atoms. The van der Waals surface area contributed by atoms with Gasteiger partial charge in [-0.25, -0.2) is 0 Å². The number of likely N-dealkylation sites (N-methyl/N-ethyl adjacent to an activating group) is 2. The molecule has 0 aromatic rings. The zero-order valence-corrected chi connectivity index (χ0v) is 22.8. The van der Waals surface area contributed by atoms with Gasteiger partial charge in [0.05, 0.1) is 35.6 Å². The molecule has 9 heteroatoms. The summed E-state index contributed by atoms with van der Waals surface area (Å²) in [5.41, 5.74) is -0.704. The maximum atomic E-state index is 10.2. The third-order valence-corrected chi connectivity index (χ3v) is 5.62. The lowest BCUT2D eigenvalue weighted by Gasteiger charge is -2.45. The molecule has 198 valence electrons. The summed E-state index contributed by atoms with van der Waals surface area (Å²) >= 11 is 0. The van der Waals surface area contributed by atoms with E-state index in [0.29, 0.717) is 0 Å². The minimum Gasteiger partial charge on any atom is -0.389 e. The van der Waals surface area contributed by atoms with Gasteiger partial charge in [0.25, 0.3) is 0 Å². The van der Waals surface area contributed by atoms with Gasteiger partial charge in [-0.2, -0.15) is 0 Å². The van der Waals surface area contributed by atoms with Crippen molar-refractivity contribution >= 4 is 0 Å². The van der Waals surface area contributed by atoms with Crippen molar-refractivity contribution in [3.63, 3.8) is 0 Å². The number of hydrogen-bond acceptors (Lipinski definition) is 9. The predicted octanol–water partition coefficient (Wildman–Crippen LogP) is 1.43. The Bertz CT molecular complexity index is 576. The number of aliphatic hydroxyl groups excluding tert-OH is 3. The van der Waals surface area contributed by atoms with Crippen LogP contribution in [0, 0.1) is 0 Å². The Labute approximate surface area is 200 Å². The zero-order valence-electron chi connectivity index (χ0n) is 22.8. The van der Waals surface area contributed by atoms with Crippen LogP contribution in [0.25, 0.3) is 0 Å². The van der Waals surface area contributed by atoms with E-state index >= 15 is 0 Å². The third-order valence-electron chi connectivity index (χ3n) is 5.62. The number of rotatable bonds is 4. The van der Waals surface area contributed by atoms with Crippen LogP contribution in [0.2, 0.25) is 0 Å². The quantitative estimate of drug-likeness (QED) is 0.553. The van der Waals surface area contributed by atoms with Gasteiger partial charge >= 0.3 is 0 Å². The average molecular weight is 479 g/mol. The predicted molar refractivity (Wildman–Crippen MR) is 128 cm³/mol. The molecule has 2 aliphatic heterocycles. The first-order valence-electron chi connectivity index (χ1n) is 11.9. The maximum Gasteiger partial charge on any atom is 0.186 e. The second-order valence-corrected chi connectivity index (χ2v) is 11.7. The second kappa shape index (κ2) is 12.1. The molecule has 0 aromatic heterocycles. The van der Waals surface area contributed by atoms with Crippen molar-refractivity contribution in [2.24, 2.45) is 0 Å². The largest absolute Gasteiger partial charge is 0.389 e. The first kappa shape index (κ1) is 30.7. The van der Waals surface area contributed by atoms with Crippen LogP contribution < -0.4 is 0 Å². The van der Waals surface area contributed by atoms with E-state index < -0.39 is 36.5 Å². The molecule has 0 aliphatic carbocycles. The van der Waals surface area contributed by atoms with E-state index in [1.807, 2.05) is 81.6 Å². The Morgan fingerprint density at radius 1 is 0.697 bits per heavy atom. The first-order chi connectivity index (χ1) is 14.8. The number of hydrogen-bond donors (Lipinski definition) is 3. The summed E-state index contributed by atoms with van der Waals surface area (Å²) in [6.07, 6.45) is -2.84. The highest BCUT2D eigenvalue weighted by Crippen LogP contribution is 2.28. The van der Waals surface area contributed by atoms with Crippen LogP contribution in [0.15, 0.2) is 0 Å². The summed E-state index contributed by atoms with van der Waals surface area (Å²) in [6.45, 7) is 15.4. The van der Waals surface area contributed by atoms with E-state index in [2.05, 4.69) is 0 Å². The number of aliphatic hydroxyl groups is 3. The van der Waals surface area contributed by atoms with E-state index in [1.165, 1.54) is 0 Å². The molecule has 0 saturated carbocycles. The average Bonchev–Trinajstić information content (AvgIpc) is 2.60. The van der Waals surface area contributed by atoms with E-state index in [0.717, 1.165) is 6.42 Å². The Balaban J connectivity index is 0.000000331. The zero-order chi connectivity index (χ0) is 25.9. The number of nitrogens with zero attached hydrogens (tertiary/aromatic N) is 2. The van der Waals surface area contributed by atoms with Crippen molar-refractivity contribution < 1.29 is 34.3 Å². The van der Waals surface area contributed by atoms with Crippen LogP contribution >= 0.6 is 0 Å². The molecule has 3 N–H and O–H groups in total. The summed E-state index contributed by atoms with van der Waals surface area (Å²) in [5.74, 6) is 0. The molecular weight excluding hydrogens is 428 g/mol. The molecular formula is C24H50N2O7.